The van der Waals surface area contributed by atoms with E-state index >= 15 is 0 Å². The van der Waals surface area contributed by atoms with E-state index in [1.807, 2.05) is 6.07 Å². The molecule has 3 N–H and O–H groups in total. The Morgan fingerprint density at radius 2 is 2.19 bits per heavy atom. The van der Waals surface area contributed by atoms with Gasteiger partial charge in [0.05, 0.1) is 17.0 Å². The third-order valence-corrected chi connectivity index (χ3v) is 4.64. The molecule has 2 heterocycles. The molecule has 1 aromatic rings. The topological polar surface area (TPSA) is 67.6 Å². The largest absolute Gasteiger partial charge is 0.397 e. The number of anilines is 3. The molecule has 1 saturated heterocycles. The van der Waals surface area contributed by atoms with Gasteiger partial charge < -0.3 is 20.7 Å². The maximum absolute atomic E-state index is 11.5. The number of nitrogens with zero attached hydrogens (tertiary/aromatic N) is 1. The molecule has 1 unspecified atom stereocenters. The highest BCUT2D eigenvalue weighted by Crippen LogP contribution is 2.36. The fourth-order valence-electron chi connectivity index (χ4n) is 3.28. The fourth-order valence-corrected chi connectivity index (χ4v) is 3.28. The summed E-state index contributed by atoms with van der Waals surface area (Å²) < 4.78 is 5.66. The van der Waals surface area contributed by atoms with Crippen LogP contribution in [0.15, 0.2) is 12.1 Å². The Labute approximate surface area is 125 Å². The van der Waals surface area contributed by atoms with Gasteiger partial charge in [0.25, 0.3) is 0 Å². The van der Waals surface area contributed by atoms with Crippen molar-refractivity contribution in [3.8, 4) is 0 Å². The summed E-state index contributed by atoms with van der Waals surface area (Å²) >= 11 is 0. The first-order valence-corrected chi connectivity index (χ1v) is 7.53. The number of hydrogen-bond acceptors (Lipinski definition) is 4. The first-order valence-electron chi connectivity index (χ1n) is 7.53. The van der Waals surface area contributed by atoms with Crippen molar-refractivity contribution < 1.29 is 9.53 Å². The van der Waals surface area contributed by atoms with Gasteiger partial charge in [0, 0.05) is 32.3 Å². The minimum atomic E-state index is -0.116. The van der Waals surface area contributed by atoms with Crippen molar-refractivity contribution >= 4 is 23.0 Å². The van der Waals surface area contributed by atoms with E-state index in [0.29, 0.717) is 6.42 Å². The highest BCUT2D eigenvalue weighted by Gasteiger charge is 2.32. The predicted molar refractivity (Wildman–Crippen MR) is 84.7 cm³/mol. The second kappa shape index (κ2) is 5.22. The lowest BCUT2D eigenvalue weighted by Crippen LogP contribution is -2.47. The van der Waals surface area contributed by atoms with Gasteiger partial charge in [0.2, 0.25) is 5.91 Å². The summed E-state index contributed by atoms with van der Waals surface area (Å²) in [4.78, 5) is 13.8. The van der Waals surface area contributed by atoms with Crippen LogP contribution in [0.2, 0.25) is 0 Å². The smallest absolute Gasteiger partial charge is 0.224 e. The molecule has 0 aliphatic carbocycles. The lowest BCUT2D eigenvalue weighted by Gasteiger charge is -2.41. The molecule has 0 bridgehead atoms. The van der Waals surface area contributed by atoms with Gasteiger partial charge in [-0.05, 0) is 43.9 Å². The average molecular weight is 289 g/mol. The van der Waals surface area contributed by atoms with Crippen LogP contribution >= 0.6 is 0 Å². The van der Waals surface area contributed by atoms with Crippen molar-refractivity contribution in [2.24, 2.45) is 0 Å². The van der Waals surface area contributed by atoms with Crippen molar-refractivity contribution in [1.82, 2.24) is 0 Å². The Balaban J connectivity index is 1.90. The summed E-state index contributed by atoms with van der Waals surface area (Å²) in [6.07, 6.45) is 3.49. The molecule has 21 heavy (non-hydrogen) atoms. The van der Waals surface area contributed by atoms with Gasteiger partial charge in [-0.2, -0.15) is 0 Å². The van der Waals surface area contributed by atoms with E-state index in [0.717, 1.165) is 49.4 Å². The number of benzene rings is 1. The van der Waals surface area contributed by atoms with E-state index in [4.69, 9.17) is 10.5 Å². The van der Waals surface area contributed by atoms with Gasteiger partial charge in [0.1, 0.15) is 0 Å². The molecule has 5 heteroatoms. The molecule has 1 amide bonds. The number of rotatable bonds is 2. The number of ether oxygens (including phenoxy) is 1. The number of nitrogen functional groups attached to an aromatic ring is 1. The lowest BCUT2D eigenvalue weighted by atomic mass is 9.93. The fraction of sp³-hybridized carbons (Fsp3) is 0.562. The summed E-state index contributed by atoms with van der Waals surface area (Å²) in [6, 6.07) is 4.02. The van der Waals surface area contributed by atoms with Gasteiger partial charge in [0.15, 0.2) is 0 Å². The molecule has 0 aromatic heterocycles. The first-order chi connectivity index (χ1) is 10.0. The Morgan fingerprint density at radius 3 is 2.95 bits per heavy atom. The first kappa shape index (κ1) is 14.2. The van der Waals surface area contributed by atoms with Crippen LogP contribution in [0.5, 0.6) is 0 Å². The Morgan fingerprint density at radius 1 is 1.38 bits per heavy atom. The molecule has 1 fully saturated rings. The molecule has 0 saturated carbocycles. The van der Waals surface area contributed by atoms with Crippen molar-refractivity contribution in [3.63, 3.8) is 0 Å². The molecule has 2 aliphatic rings. The zero-order chi connectivity index (χ0) is 15.0. The highest BCUT2D eigenvalue weighted by atomic mass is 16.5. The number of nitrogens with two attached hydrogens (primary N) is 1. The lowest BCUT2D eigenvalue weighted by molar-refractivity contribution is -0.116. The summed E-state index contributed by atoms with van der Waals surface area (Å²) in [5.41, 5.74) is 9.91. The van der Waals surface area contributed by atoms with Gasteiger partial charge in [-0.25, -0.2) is 0 Å². The van der Waals surface area contributed by atoms with E-state index in [-0.39, 0.29) is 11.5 Å². The van der Waals surface area contributed by atoms with Gasteiger partial charge >= 0.3 is 0 Å². The summed E-state index contributed by atoms with van der Waals surface area (Å²) in [5, 5.41) is 2.90. The molecule has 3 rings (SSSR count). The van der Waals surface area contributed by atoms with Crippen LogP contribution in [0.25, 0.3) is 0 Å². The van der Waals surface area contributed by atoms with Gasteiger partial charge in [-0.1, -0.05) is 0 Å². The molecule has 0 radical (unpaired) electrons. The molecule has 1 aromatic carbocycles. The second-order valence-corrected chi connectivity index (χ2v) is 6.30. The average Bonchev–Trinajstić information content (AvgIpc) is 2.46. The maximum Gasteiger partial charge on any atom is 0.224 e. The molecular weight excluding hydrogens is 266 g/mol. The SMILES string of the molecule is COC1(C)CCCN(c2cc3c(cc2N)NC(=O)CC3)C1. The number of fused-ring (bicyclic) bond motifs is 1. The number of amides is 1. The maximum atomic E-state index is 11.5. The van der Waals surface area contributed by atoms with Gasteiger partial charge in [-0.15, -0.1) is 0 Å². The molecule has 2 aliphatic heterocycles. The number of nitrogens with one attached hydrogen (secondary N) is 1. The Kier molecular flexibility index (Phi) is 3.53. The third kappa shape index (κ3) is 2.70. The monoisotopic (exact) mass is 289 g/mol. The van der Waals surface area contributed by atoms with Crippen LogP contribution < -0.4 is 16.0 Å². The second-order valence-electron chi connectivity index (χ2n) is 6.30. The zero-order valence-electron chi connectivity index (χ0n) is 12.7. The molecule has 0 spiro atoms. The molecule has 5 nitrogen and oxygen atoms in total. The number of methoxy groups -OCH3 is 1. The molecule has 114 valence electrons. The number of carbonyl (C=O) groups excluding carboxylic acids is 1. The van der Waals surface area contributed by atoms with Crippen LogP contribution in [-0.4, -0.2) is 31.7 Å². The minimum Gasteiger partial charge on any atom is -0.397 e. The normalized spacial score (nSPS) is 25.4. The predicted octanol–water partition coefficient (Wildman–Crippen LogP) is 2.16. The van der Waals surface area contributed by atoms with E-state index in [9.17, 15) is 4.79 Å². The van der Waals surface area contributed by atoms with Crippen molar-refractivity contribution in [1.29, 1.82) is 0 Å². The van der Waals surface area contributed by atoms with Crippen LogP contribution in [0.3, 0.4) is 0 Å². The van der Waals surface area contributed by atoms with Crippen LogP contribution in [0.4, 0.5) is 17.1 Å². The highest BCUT2D eigenvalue weighted by molar-refractivity contribution is 5.95. The van der Waals surface area contributed by atoms with Crippen LogP contribution in [0, 0.1) is 0 Å². The summed E-state index contributed by atoms with van der Waals surface area (Å²) in [5.74, 6) is 0.0691. The quantitative estimate of drug-likeness (QED) is 0.819. The number of piperidine rings is 1. The van der Waals surface area contributed by atoms with Crippen molar-refractivity contribution in [2.45, 2.75) is 38.2 Å². The van der Waals surface area contributed by atoms with Crippen molar-refractivity contribution in [3.05, 3.63) is 17.7 Å². The third-order valence-electron chi connectivity index (χ3n) is 4.64. The van der Waals surface area contributed by atoms with E-state index in [1.54, 1.807) is 7.11 Å². The molecular formula is C16H23N3O2. The summed E-state index contributed by atoms with van der Waals surface area (Å²) in [7, 11) is 1.77. The standard InChI is InChI=1S/C16H23N3O2/c1-16(21-2)6-3-7-19(10-16)14-8-11-4-5-15(20)18-13(11)9-12(14)17/h8-9H,3-7,10,17H2,1-2H3,(H,18,20). The Bertz CT molecular complexity index is 573. The van der Waals surface area contributed by atoms with Crippen LogP contribution in [0.1, 0.15) is 31.7 Å². The van der Waals surface area contributed by atoms with Crippen LogP contribution in [-0.2, 0) is 16.0 Å². The van der Waals surface area contributed by atoms with E-state index in [2.05, 4.69) is 23.2 Å². The Hall–Kier alpha value is -1.75. The van der Waals surface area contributed by atoms with E-state index < -0.39 is 0 Å². The number of carbonyl (C=O) groups is 1. The van der Waals surface area contributed by atoms with E-state index in [1.165, 1.54) is 5.56 Å². The van der Waals surface area contributed by atoms with Crippen molar-refractivity contribution in [2.75, 3.05) is 36.1 Å². The minimum absolute atomic E-state index is 0.0691. The zero-order valence-corrected chi connectivity index (χ0v) is 12.7. The number of aryl methyl sites for hydroxylation is 1. The van der Waals surface area contributed by atoms with Gasteiger partial charge in [-0.3, -0.25) is 4.79 Å². The molecule has 1 atom stereocenters. The number of hydrogen-bond donors (Lipinski definition) is 2. The summed E-state index contributed by atoms with van der Waals surface area (Å²) in [6.45, 7) is 3.99.